The third-order valence-electron chi connectivity index (χ3n) is 4.48. The van der Waals surface area contributed by atoms with Gasteiger partial charge < -0.3 is 5.11 Å². The molecule has 0 aliphatic heterocycles. The third kappa shape index (κ3) is 3.55. The summed E-state index contributed by atoms with van der Waals surface area (Å²) in [6, 6.07) is 25.4. The Morgan fingerprint density at radius 2 is 1.27 bits per heavy atom. The summed E-state index contributed by atoms with van der Waals surface area (Å²) in [5.74, 6) is 0. The van der Waals surface area contributed by atoms with Crippen LogP contribution in [0.4, 0.5) is 0 Å². The second-order valence-electron chi connectivity index (χ2n) is 6.08. The number of nitrogens with one attached hydrogen (secondary N) is 1. The molecular formula is C21H21NO3S. The molecule has 3 aromatic carbocycles. The Bertz CT molecular complexity index is 931. The largest absolute Gasteiger partial charge is 0.380 e. The van der Waals surface area contributed by atoms with Gasteiger partial charge >= 0.3 is 0 Å². The Morgan fingerprint density at radius 1 is 0.808 bits per heavy atom. The van der Waals surface area contributed by atoms with Crippen molar-refractivity contribution in [2.45, 2.75) is 16.9 Å². The van der Waals surface area contributed by atoms with Crippen molar-refractivity contribution in [1.82, 2.24) is 4.72 Å². The normalized spacial score (nSPS) is 12.1. The highest BCUT2D eigenvalue weighted by Crippen LogP contribution is 2.34. The molecule has 0 aliphatic rings. The average molecular weight is 367 g/mol. The molecule has 0 spiro atoms. The van der Waals surface area contributed by atoms with E-state index in [0.29, 0.717) is 16.7 Å². The lowest BCUT2D eigenvalue weighted by Gasteiger charge is -2.30. The van der Waals surface area contributed by atoms with E-state index in [1.807, 2.05) is 60.7 Å². The fraction of sp³-hybridized carbons (Fsp3) is 0.143. The topological polar surface area (TPSA) is 66.4 Å². The second kappa shape index (κ2) is 7.41. The summed E-state index contributed by atoms with van der Waals surface area (Å²) in [5.41, 5.74) is 0.629. The molecular weight excluding hydrogens is 346 g/mol. The molecule has 0 atom stereocenters. The van der Waals surface area contributed by atoms with Gasteiger partial charge in [0.1, 0.15) is 5.60 Å². The summed E-state index contributed by atoms with van der Waals surface area (Å²) in [6.07, 6.45) is 0.137. The van der Waals surface area contributed by atoms with Gasteiger partial charge in [-0.25, -0.2) is 13.1 Å². The van der Waals surface area contributed by atoms with E-state index in [1.165, 1.54) is 7.05 Å². The van der Waals surface area contributed by atoms with Crippen molar-refractivity contribution >= 4 is 10.0 Å². The van der Waals surface area contributed by atoms with Crippen molar-refractivity contribution in [2.75, 3.05) is 7.05 Å². The molecule has 4 nitrogen and oxygen atoms in total. The summed E-state index contributed by atoms with van der Waals surface area (Å²) in [6.45, 7) is 0. The number of sulfonamides is 1. The van der Waals surface area contributed by atoms with Crippen LogP contribution in [0.25, 0.3) is 0 Å². The molecule has 3 rings (SSSR count). The van der Waals surface area contributed by atoms with Crippen molar-refractivity contribution in [3.63, 3.8) is 0 Å². The van der Waals surface area contributed by atoms with Crippen LogP contribution < -0.4 is 4.72 Å². The van der Waals surface area contributed by atoms with Gasteiger partial charge in [-0.15, -0.1) is 0 Å². The Balaban J connectivity index is 2.15. The minimum absolute atomic E-state index is 0.137. The molecule has 0 aromatic heterocycles. The summed E-state index contributed by atoms with van der Waals surface area (Å²) >= 11 is 0. The van der Waals surface area contributed by atoms with Crippen LogP contribution in [0.5, 0.6) is 0 Å². The molecule has 2 N–H and O–H groups in total. The highest BCUT2D eigenvalue weighted by Gasteiger charge is 2.33. The first kappa shape index (κ1) is 18.3. The van der Waals surface area contributed by atoms with E-state index in [9.17, 15) is 13.5 Å². The zero-order chi connectivity index (χ0) is 18.6. The molecule has 0 radical (unpaired) electrons. The second-order valence-corrected chi connectivity index (χ2v) is 7.94. The van der Waals surface area contributed by atoms with Gasteiger partial charge in [0.05, 0.1) is 4.90 Å². The van der Waals surface area contributed by atoms with Gasteiger partial charge in [0, 0.05) is 6.42 Å². The summed E-state index contributed by atoms with van der Waals surface area (Å²) < 4.78 is 27.1. The van der Waals surface area contributed by atoms with Gasteiger partial charge in [0.15, 0.2) is 0 Å². The summed E-state index contributed by atoms with van der Waals surface area (Å²) in [4.78, 5) is 0.174. The smallest absolute Gasteiger partial charge is 0.240 e. The van der Waals surface area contributed by atoms with Gasteiger partial charge in [-0.05, 0) is 29.8 Å². The van der Waals surface area contributed by atoms with Gasteiger partial charge in [-0.3, -0.25) is 0 Å². The van der Waals surface area contributed by atoms with Crippen LogP contribution in [0.2, 0.25) is 0 Å². The Hall–Kier alpha value is -2.47. The first-order chi connectivity index (χ1) is 12.5. The molecule has 0 saturated carbocycles. The van der Waals surface area contributed by atoms with E-state index < -0.39 is 15.6 Å². The van der Waals surface area contributed by atoms with Crippen LogP contribution in [0.1, 0.15) is 16.7 Å². The fourth-order valence-corrected chi connectivity index (χ4v) is 4.06. The van der Waals surface area contributed by atoms with Crippen molar-refractivity contribution in [1.29, 1.82) is 0 Å². The molecule has 3 aromatic rings. The number of aliphatic hydroxyl groups is 1. The zero-order valence-electron chi connectivity index (χ0n) is 14.5. The van der Waals surface area contributed by atoms with Crippen LogP contribution in [0, 0.1) is 0 Å². The molecule has 0 unspecified atom stereocenters. The molecule has 0 amide bonds. The SMILES string of the molecule is CNS(=O)(=O)c1ccccc1CC(O)(c1ccccc1)c1ccccc1. The van der Waals surface area contributed by atoms with Crippen molar-refractivity contribution in [3.05, 3.63) is 102 Å². The maximum Gasteiger partial charge on any atom is 0.240 e. The van der Waals surface area contributed by atoms with E-state index in [1.54, 1.807) is 24.3 Å². The Labute approximate surface area is 154 Å². The van der Waals surface area contributed by atoms with Crippen LogP contribution in [0.15, 0.2) is 89.8 Å². The van der Waals surface area contributed by atoms with Crippen LogP contribution in [-0.4, -0.2) is 20.6 Å². The van der Waals surface area contributed by atoms with Gasteiger partial charge in [0.25, 0.3) is 0 Å². The van der Waals surface area contributed by atoms with Gasteiger partial charge in [-0.2, -0.15) is 0 Å². The average Bonchev–Trinajstić information content (AvgIpc) is 2.69. The Morgan fingerprint density at radius 3 is 1.77 bits per heavy atom. The predicted octanol–water partition coefficient (Wildman–Crippen LogP) is 3.07. The quantitative estimate of drug-likeness (QED) is 0.704. The summed E-state index contributed by atoms with van der Waals surface area (Å²) in [5, 5.41) is 11.7. The van der Waals surface area contributed by atoms with E-state index in [4.69, 9.17) is 0 Å². The lowest BCUT2D eigenvalue weighted by atomic mass is 9.81. The molecule has 0 fully saturated rings. The molecule has 5 heteroatoms. The van der Waals surface area contributed by atoms with E-state index in [0.717, 1.165) is 0 Å². The lowest BCUT2D eigenvalue weighted by molar-refractivity contribution is 0.0804. The minimum atomic E-state index is -3.63. The molecule has 0 bridgehead atoms. The number of benzene rings is 3. The van der Waals surface area contributed by atoms with Crippen molar-refractivity contribution in [3.8, 4) is 0 Å². The Kier molecular flexibility index (Phi) is 5.23. The van der Waals surface area contributed by atoms with Gasteiger partial charge in [-0.1, -0.05) is 78.9 Å². The standard InChI is InChI=1S/C21H21NO3S/c1-22-26(24,25)20-15-9-8-10-17(20)16-21(23,18-11-4-2-5-12-18)19-13-6-3-7-14-19/h2-15,22-23H,16H2,1H3. The van der Waals surface area contributed by atoms with Crippen LogP contribution >= 0.6 is 0 Å². The van der Waals surface area contributed by atoms with E-state index in [-0.39, 0.29) is 11.3 Å². The molecule has 134 valence electrons. The van der Waals surface area contributed by atoms with Crippen LogP contribution in [-0.2, 0) is 22.0 Å². The first-order valence-electron chi connectivity index (χ1n) is 8.32. The number of rotatable bonds is 6. The molecule has 0 aliphatic carbocycles. The highest BCUT2D eigenvalue weighted by atomic mass is 32.2. The zero-order valence-corrected chi connectivity index (χ0v) is 15.3. The predicted molar refractivity (Wildman–Crippen MR) is 102 cm³/mol. The van der Waals surface area contributed by atoms with E-state index in [2.05, 4.69) is 4.72 Å². The first-order valence-corrected chi connectivity index (χ1v) is 9.80. The number of hydrogen-bond donors (Lipinski definition) is 2. The van der Waals surface area contributed by atoms with E-state index >= 15 is 0 Å². The third-order valence-corrected chi connectivity index (χ3v) is 5.99. The lowest BCUT2D eigenvalue weighted by Crippen LogP contribution is -2.31. The molecule has 0 heterocycles. The molecule has 26 heavy (non-hydrogen) atoms. The maximum atomic E-state index is 12.4. The molecule has 0 saturated heterocycles. The van der Waals surface area contributed by atoms with Crippen LogP contribution in [0.3, 0.4) is 0 Å². The fourth-order valence-electron chi connectivity index (χ4n) is 3.10. The van der Waals surface area contributed by atoms with Crippen molar-refractivity contribution < 1.29 is 13.5 Å². The minimum Gasteiger partial charge on any atom is -0.380 e. The highest BCUT2D eigenvalue weighted by molar-refractivity contribution is 7.89. The summed E-state index contributed by atoms with van der Waals surface area (Å²) in [7, 11) is -2.25. The number of hydrogen-bond acceptors (Lipinski definition) is 3. The van der Waals surface area contributed by atoms with Crippen molar-refractivity contribution in [2.24, 2.45) is 0 Å². The monoisotopic (exact) mass is 367 g/mol. The maximum absolute atomic E-state index is 12.4. The van der Waals surface area contributed by atoms with Gasteiger partial charge in [0.2, 0.25) is 10.0 Å².